The molecule has 1 aliphatic rings. The van der Waals surface area contributed by atoms with Crippen molar-refractivity contribution < 1.29 is 9.13 Å². The van der Waals surface area contributed by atoms with Gasteiger partial charge in [-0.2, -0.15) is 0 Å². The number of anilines is 1. The Morgan fingerprint density at radius 2 is 1.67 bits per heavy atom. The highest BCUT2D eigenvalue weighted by Gasteiger charge is 2.22. The minimum atomic E-state index is -0.427. The molecule has 0 saturated carbocycles. The number of halogens is 2. The van der Waals surface area contributed by atoms with Crippen molar-refractivity contribution in [3.8, 4) is 6.01 Å². The zero-order valence-electron chi connectivity index (χ0n) is 11.1. The van der Waals surface area contributed by atoms with Crippen LogP contribution in [0.15, 0.2) is 29.3 Å². The maximum atomic E-state index is 12.8. The van der Waals surface area contributed by atoms with Crippen molar-refractivity contribution in [1.82, 2.24) is 19.9 Å². The van der Waals surface area contributed by atoms with Gasteiger partial charge in [-0.05, 0) is 15.9 Å². The van der Waals surface area contributed by atoms with Crippen LogP contribution in [0.3, 0.4) is 0 Å². The van der Waals surface area contributed by atoms with Crippen LogP contribution in [0.5, 0.6) is 6.01 Å². The number of aromatic nitrogens is 4. The summed E-state index contributed by atoms with van der Waals surface area (Å²) in [6.45, 7) is 1.51. The van der Waals surface area contributed by atoms with E-state index in [9.17, 15) is 4.39 Å². The Morgan fingerprint density at radius 3 is 2.29 bits per heavy atom. The van der Waals surface area contributed by atoms with Crippen LogP contribution in [-0.4, -0.2) is 39.1 Å². The zero-order chi connectivity index (χ0) is 14.7. The molecule has 1 saturated heterocycles. The van der Waals surface area contributed by atoms with E-state index >= 15 is 0 Å². The van der Waals surface area contributed by atoms with E-state index in [0.717, 1.165) is 30.4 Å². The molecular weight excluding hydrogens is 341 g/mol. The molecule has 0 aromatic carbocycles. The average molecular weight is 354 g/mol. The van der Waals surface area contributed by atoms with Gasteiger partial charge >= 0.3 is 6.01 Å². The van der Waals surface area contributed by atoms with Crippen molar-refractivity contribution in [2.24, 2.45) is 0 Å². The van der Waals surface area contributed by atoms with Gasteiger partial charge in [0.05, 0.1) is 16.9 Å². The quantitative estimate of drug-likeness (QED) is 0.842. The third-order valence-corrected chi connectivity index (χ3v) is 3.61. The van der Waals surface area contributed by atoms with E-state index in [1.165, 1.54) is 12.4 Å². The molecule has 1 aliphatic heterocycles. The SMILES string of the molecule is Fc1cnc(N2CCC(Oc3ncc(Br)cn3)CC2)nc1. The summed E-state index contributed by atoms with van der Waals surface area (Å²) in [6, 6.07) is 0.384. The minimum Gasteiger partial charge on any atom is -0.460 e. The predicted octanol–water partition coefficient (Wildman–Crippen LogP) is 2.22. The van der Waals surface area contributed by atoms with Gasteiger partial charge in [-0.1, -0.05) is 0 Å². The summed E-state index contributed by atoms with van der Waals surface area (Å²) in [5, 5.41) is 0. The molecule has 0 aliphatic carbocycles. The maximum absolute atomic E-state index is 12.8. The second-order valence-electron chi connectivity index (χ2n) is 4.69. The Balaban J connectivity index is 1.55. The van der Waals surface area contributed by atoms with E-state index in [2.05, 4.69) is 35.9 Å². The first kappa shape index (κ1) is 14.1. The summed E-state index contributed by atoms with van der Waals surface area (Å²) in [6.07, 6.45) is 7.39. The van der Waals surface area contributed by atoms with Crippen LogP contribution >= 0.6 is 15.9 Å². The summed E-state index contributed by atoms with van der Waals surface area (Å²) in [7, 11) is 0. The van der Waals surface area contributed by atoms with Crippen molar-refractivity contribution >= 4 is 21.9 Å². The molecule has 0 radical (unpaired) electrons. The van der Waals surface area contributed by atoms with Gasteiger partial charge in [0.1, 0.15) is 6.10 Å². The lowest BCUT2D eigenvalue weighted by Gasteiger charge is -2.31. The van der Waals surface area contributed by atoms with E-state index < -0.39 is 5.82 Å². The second-order valence-corrected chi connectivity index (χ2v) is 5.61. The highest BCUT2D eigenvalue weighted by atomic mass is 79.9. The maximum Gasteiger partial charge on any atom is 0.316 e. The lowest BCUT2D eigenvalue weighted by Crippen LogP contribution is -2.39. The summed E-state index contributed by atoms with van der Waals surface area (Å²) in [5.74, 6) is 0.124. The summed E-state index contributed by atoms with van der Waals surface area (Å²) in [4.78, 5) is 18.2. The molecule has 3 rings (SSSR count). The number of hydrogen-bond acceptors (Lipinski definition) is 6. The molecule has 8 heteroatoms. The predicted molar refractivity (Wildman–Crippen MR) is 77.6 cm³/mol. The van der Waals surface area contributed by atoms with Gasteiger partial charge < -0.3 is 9.64 Å². The Labute approximate surface area is 129 Å². The van der Waals surface area contributed by atoms with Crippen molar-refractivity contribution in [1.29, 1.82) is 0 Å². The summed E-state index contributed by atoms with van der Waals surface area (Å²) < 4.78 is 19.4. The van der Waals surface area contributed by atoms with Crippen molar-refractivity contribution in [3.63, 3.8) is 0 Å². The highest BCUT2D eigenvalue weighted by molar-refractivity contribution is 9.10. The third kappa shape index (κ3) is 3.63. The molecule has 2 aromatic rings. The molecule has 21 heavy (non-hydrogen) atoms. The van der Waals surface area contributed by atoms with Crippen molar-refractivity contribution in [2.75, 3.05) is 18.0 Å². The number of piperidine rings is 1. The molecule has 0 N–H and O–H groups in total. The first-order valence-electron chi connectivity index (χ1n) is 6.57. The number of hydrogen-bond donors (Lipinski definition) is 0. The highest BCUT2D eigenvalue weighted by Crippen LogP contribution is 2.19. The smallest absolute Gasteiger partial charge is 0.316 e. The monoisotopic (exact) mass is 353 g/mol. The van der Waals surface area contributed by atoms with Crippen molar-refractivity contribution in [3.05, 3.63) is 35.1 Å². The standard InChI is InChI=1S/C13H13BrFN5O/c14-9-5-18-13(19-6-9)21-11-1-3-20(4-2-11)12-16-7-10(15)8-17-12/h5-8,11H,1-4H2. The lowest BCUT2D eigenvalue weighted by atomic mass is 10.1. The molecule has 3 heterocycles. The normalized spacial score (nSPS) is 16.0. The summed E-state index contributed by atoms with van der Waals surface area (Å²) in [5.41, 5.74) is 0. The fourth-order valence-corrected chi connectivity index (χ4v) is 2.36. The van der Waals surface area contributed by atoms with E-state index in [0.29, 0.717) is 12.0 Å². The molecule has 1 fully saturated rings. The van der Waals surface area contributed by atoms with Gasteiger partial charge in [0.2, 0.25) is 5.95 Å². The van der Waals surface area contributed by atoms with Crippen LogP contribution in [0, 0.1) is 5.82 Å². The van der Waals surface area contributed by atoms with Gasteiger partial charge in [0, 0.05) is 38.3 Å². The van der Waals surface area contributed by atoms with Gasteiger partial charge in [0.15, 0.2) is 5.82 Å². The Bertz CT molecular complexity index is 587. The summed E-state index contributed by atoms with van der Waals surface area (Å²) >= 11 is 3.28. The van der Waals surface area contributed by atoms with Crippen LogP contribution in [0.2, 0.25) is 0 Å². The molecule has 0 unspecified atom stereocenters. The van der Waals surface area contributed by atoms with E-state index in [-0.39, 0.29) is 6.10 Å². The van der Waals surface area contributed by atoms with Crippen LogP contribution in [-0.2, 0) is 0 Å². The second kappa shape index (κ2) is 6.30. The molecule has 0 amide bonds. The van der Waals surface area contributed by atoms with Gasteiger partial charge in [0.25, 0.3) is 0 Å². The number of ether oxygens (including phenoxy) is 1. The van der Waals surface area contributed by atoms with Gasteiger partial charge in [-0.15, -0.1) is 0 Å². The molecule has 110 valence electrons. The third-order valence-electron chi connectivity index (χ3n) is 3.20. The van der Waals surface area contributed by atoms with Crippen LogP contribution in [0.4, 0.5) is 10.3 Å². The van der Waals surface area contributed by atoms with Gasteiger partial charge in [-0.3, -0.25) is 0 Å². The Kier molecular flexibility index (Phi) is 4.23. The first-order valence-corrected chi connectivity index (χ1v) is 7.37. The fraction of sp³-hybridized carbons (Fsp3) is 0.385. The molecule has 0 spiro atoms. The first-order chi connectivity index (χ1) is 10.2. The van der Waals surface area contributed by atoms with E-state index in [4.69, 9.17) is 4.74 Å². The molecule has 0 atom stereocenters. The fourth-order valence-electron chi connectivity index (χ4n) is 2.15. The van der Waals surface area contributed by atoms with Crippen molar-refractivity contribution in [2.45, 2.75) is 18.9 Å². The Hall–Kier alpha value is -1.83. The lowest BCUT2D eigenvalue weighted by molar-refractivity contribution is 0.156. The van der Waals surface area contributed by atoms with Crippen LogP contribution in [0.25, 0.3) is 0 Å². The number of nitrogens with zero attached hydrogens (tertiary/aromatic N) is 5. The number of rotatable bonds is 3. The molecule has 0 bridgehead atoms. The molecule has 2 aromatic heterocycles. The molecular formula is C13H13BrFN5O. The van der Waals surface area contributed by atoms with Crippen LogP contribution in [0.1, 0.15) is 12.8 Å². The average Bonchev–Trinajstić information content (AvgIpc) is 2.51. The van der Waals surface area contributed by atoms with E-state index in [1.54, 1.807) is 12.4 Å². The largest absolute Gasteiger partial charge is 0.460 e. The Morgan fingerprint density at radius 1 is 1.05 bits per heavy atom. The topological polar surface area (TPSA) is 64.0 Å². The minimum absolute atomic E-state index is 0.0721. The zero-order valence-corrected chi connectivity index (χ0v) is 12.7. The van der Waals surface area contributed by atoms with Gasteiger partial charge in [-0.25, -0.2) is 24.3 Å². The molecule has 6 nitrogen and oxygen atoms in total. The van der Waals surface area contributed by atoms with Crippen LogP contribution < -0.4 is 9.64 Å². The van der Waals surface area contributed by atoms with E-state index in [1.807, 2.05) is 4.90 Å².